The lowest BCUT2D eigenvalue weighted by atomic mass is 10.1. The minimum atomic E-state index is -4.03. The molecule has 142 valence electrons. The monoisotopic (exact) mass is 392 g/mol. The van der Waals surface area contributed by atoms with E-state index in [2.05, 4.69) is 0 Å². The van der Waals surface area contributed by atoms with E-state index in [1.165, 1.54) is 37.6 Å². The van der Waals surface area contributed by atoms with E-state index >= 15 is 0 Å². The fourth-order valence-electron chi connectivity index (χ4n) is 2.81. The lowest BCUT2D eigenvalue weighted by Crippen LogP contribution is -2.11. The molecular weight excluding hydrogens is 370 g/mol. The number of fused-ring (bicyclic) bond motifs is 1. The van der Waals surface area contributed by atoms with Crippen molar-refractivity contribution in [3.8, 4) is 11.5 Å². The number of carboxylic acid groups (broad SMARTS) is 1. The largest absolute Gasteiger partial charge is 0.497 e. The predicted octanol–water partition coefficient (Wildman–Crippen LogP) is 2.91. The highest BCUT2D eigenvalue weighted by Gasteiger charge is 2.22. The van der Waals surface area contributed by atoms with Gasteiger partial charge < -0.3 is 14.6 Å². The second-order valence-electron chi connectivity index (χ2n) is 5.81. The summed E-state index contributed by atoms with van der Waals surface area (Å²) < 4.78 is 58.8. The van der Waals surface area contributed by atoms with Gasteiger partial charge >= 0.3 is 5.97 Å². The molecule has 2 aromatic carbocycles. The topological polar surface area (TPSA) is 94.8 Å². The van der Waals surface area contributed by atoms with Gasteiger partial charge in [-0.05, 0) is 54.4 Å². The molecule has 0 fully saturated rings. The molecule has 27 heavy (non-hydrogen) atoms. The molecule has 0 saturated heterocycles. The summed E-state index contributed by atoms with van der Waals surface area (Å²) in [5, 5.41) is 9.57. The quantitative estimate of drug-likeness (QED) is 0.664. The van der Waals surface area contributed by atoms with Crippen LogP contribution >= 0.6 is 0 Å². The van der Waals surface area contributed by atoms with E-state index in [-0.39, 0.29) is 23.5 Å². The average molecular weight is 392 g/mol. The van der Waals surface area contributed by atoms with E-state index in [9.17, 15) is 13.2 Å². The highest BCUT2D eigenvalue weighted by molar-refractivity contribution is 7.90. The first kappa shape index (κ1) is 15.1. The fraction of sp³-hybridized carbons (Fsp3) is 0.211. The summed E-state index contributed by atoms with van der Waals surface area (Å²) in [5.74, 6) is -0.468. The van der Waals surface area contributed by atoms with Crippen LogP contribution in [0.3, 0.4) is 0 Å². The number of nitrogens with zero attached hydrogens (tertiary/aromatic N) is 1. The summed E-state index contributed by atoms with van der Waals surface area (Å²) in [6, 6.07) is 9.89. The molecule has 0 aliphatic rings. The van der Waals surface area contributed by atoms with Crippen molar-refractivity contribution in [3.63, 3.8) is 0 Å². The third-order valence-electron chi connectivity index (χ3n) is 4.17. The van der Waals surface area contributed by atoms with Gasteiger partial charge in [0.25, 0.3) is 10.0 Å². The maximum atomic E-state index is 13.2. The molecule has 0 radical (unpaired) electrons. The fourth-order valence-corrected chi connectivity index (χ4v) is 4.20. The third kappa shape index (κ3) is 3.61. The van der Waals surface area contributed by atoms with Crippen LogP contribution in [0.5, 0.6) is 11.5 Å². The van der Waals surface area contributed by atoms with Gasteiger partial charge in [0.2, 0.25) is 0 Å². The molecule has 1 aromatic heterocycles. The van der Waals surface area contributed by atoms with Crippen molar-refractivity contribution in [2.24, 2.45) is 0 Å². The van der Waals surface area contributed by atoms with Crippen molar-refractivity contribution in [3.05, 3.63) is 54.2 Å². The number of benzene rings is 2. The van der Waals surface area contributed by atoms with Crippen molar-refractivity contribution < 1.29 is 31.9 Å². The van der Waals surface area contributed by atoms with Gasteiger partial charge in [-0.3, -0.25) is 4.79 Å². The Labute approximate surface area is 161 Å². The second kappa shape index (κ2) is 7.32. The molecular formula is C19H19NO6S. The van der Waals surface area contributed by atoms with E-state index in [1.54, 1.807) is 18.2 Å². The number of hydrogen-bond acceptors (Lipinski definition) is 5. The Bertz CT molecular complexity index is 1180. The first-order chi connectivity index (χ1) is 14.0. The SMILES string of the molecule is [2H]C([2H])([2H])Oc1ccc(S(=O)(=O)n2cc(CCC(=O)O)c3cc(OC)ccc32)cc1. The summed E-state index contributed by atoms with van der Waals surface area (Å²) in [4.78, 5) is 10.9. The molecule has 0 bridgehead atoms. The van der Waals surface area contributed by atoms with Crippen molar-refractivity contribution in [1.82, 2.24) is 3.97 Å². The number of hydrogen-bond donors (Lipinski definition) is 1. The van der Waals surface area contributed by atoms with E-state index in [4.69, 9.17) is 18.7 Å². The molecule has 0 spiro atoms. The first-order valence-electron chi connectivity index (χ1n) is 9.46. The minimum absolute atomic E-state index is 0.0122. The van der Waals surface area contributed by atoms with Gasteiger partial charge in [0, 0.05) is 18.0 Å². The van der Waals surface area contributed by atoms with Crippen LogP contribution < -0.4 is 9.47 Å². The van der Waals surface area contributed by atoms with Crippen LogP contribution in [0, 0.1) is 0 Å². The van der Waals surface area contributed by atoms with Crippen molar-refractivity contribution >= 4 is 26.9 Å². The first-order valence-corrected chi connectivity index (χ1v) is 9.40. The van der Waals surface area contributed by atoms with Crippen LogP contribution in [0.2, 0.25) is 0 Å². The summed E-state index contributed by atoms with van der Waals surface area (Å²) >= 11 is 0. The summed E-state index contributed by atoms with van der Waals surface area (Å²) in [5.41, 5.74) is 0.927. The van der Waals surface area contributed by atoms with Gasteiger partial charge in [-0.2, -0.15) is 0 Å². The smallest absolute Gasteiger partial charge is 0.303 e. The molecule has 1 heterocycles. The lowest BCUT2D eigenvalue weighted by molar-refractivity contribution is -0.136. The number of methoxy groups -OCH3 is 2. The van der Waals surface area contributed by atoms with Crippen molar-refractivity contribution in [2.75, 3.05) is 14.1 Å². The number of carboxylic acids is 1. The Morgan fingerprint density at radius 3 is 2.48 bits per heavy atom. The number of aryl methyl sites for hydroxylation is 1. The van der Waals surface area contributed by atoms with Gasteiger partial charge in [-0.1, -0.05) is 0 Å². The van der Waals surface area contributed by atoms with Crippen LogP contribution in [0.4, 0.5) is 0 Å². The van der Waals surface area contributed by atoms with E-state index in [1.807, 2.05) is 0 Å². The van der Waals surface area contributed by atoms with Crippen molar-refractivity contribution in [2.45, 2.75) is 17.7 Å². The molecule has 1 N–H and O–H groups in total. The van der Waals surface area contributed by atoms with E-state index in [0.29, 0.717) is 22.2 Å². The van der Waals surface area contributed by atoms with E-state index in [0.717, 1.165) is 3.97 Å². The Kier molecular flexibility index (Phi) is 4.09. The van der Waals surface area contributed by atoms with Crippen LogP contribution in [0.1, 0.15) is 16.1 Å². The Balaban J connectivity index is 2.06. The Hall–Kier alpha value is -3.00. The summed E-state index contributed by atoms with van der Waals surface area (Å²) in [7, 11) is -5.19. The minimum Gasteiger partial charge on any atom is -0.497 e. The molecule has 0 amide bonds. The lowest BCUT2D eigenvalue weighted by Gasteiger charge is -2.09. The molecule has 0 aliphatic heterocycles. The Morgan fingerprint density at radius 1 is 1.15 bits per heavy atom. The highest BCUT2D eigenvalue weighted by atomic mass is 32.2. The van der Waals surface area contributed by atoms with Gasteiger partial charge in [-0.25, -0.2) is 12.4 Å². The number of aromatic nitrogens is 1. The number of aliphatic carboxylic acids is 1. The van der Waals surface area contributed by atoms with Crippen molar-refractivity contribution in [1.29, 1.82) is 0 Å². The van der Waals surface area contributed by atoms with Crippen LogP contribution in [0.25, 0.3) is 10.9 Å². The van der Waals surface area contributed by atoms with Crippen LogP contribution in [-0.2, 0) is 21.2 Å². The third-order valence-corrected chi connectivity index (χ3v) is 5.85. The molecule has 3 aromatic rings. The zero-order valence-electron chi connectivity index (χ0n) is 17.4. The molecule has 0 saturated carbocycles. The van der Waals surface area contributed by atoms with Gasteiger partial charge in [-0.15, -0.1) is 0 Å². The number of rotatable bonds is 7. The maximum absolute atomic E-state index is 13.2. The standard InChI is InChI=1S/C19H19NO6S/c1-25-14-4-7-16(8-5-14)27(23,24)20-12-13(3-10-19(21)22)17-11-15(26-2)6-9-18(17)20/h4-9,11-12H,3,10H2,1-2H3,(H,21,22)/i1D3. The van der Waals surface area contributed by atoms with Gasteiger partial charge in [0.1, 0.15) is 11.5 Å². The maximum Gasteiger partial charge on any atom is 0.303 e. The zero-order valence-corrected chi connectivity index (χ0v) is 15.2. The average Bonchev–Trinajstić information content (AvgIpc) is 3.04. The molecule has 7 nitrogen and oxygen atoms in total. The molecule has 0 unspecified atom stereocenters. The zero-order chi connectivity index (χ0) is 22.1. The number of ether oxygens (including phenoxy) is 2. The predicted molar refractivity (Wildman–Crippen MR) is 100 cm³/mol. The molecule has 8 heteroatoms. The Morgan fingerprint density at radius 2 is 1.85 bits per heavy atom. The van der Waals surface area contributed by atoms with Gasteiger partial charge in [0.05, 0.1) is 28.7 Å². The van der Waals surface area contributed by atoms with Crippen LogP contribution in [0.15, 0.2) is 53.6 Å². The normalized spacial score (nSPS) is 13.6. The highest BCUT2D eigenvalue weighted by Crippen LogP contribution is 2.30. The summed E-state index contributed by atoms with van der Waals surface area (Å²) in [6.07, 6.45) is 1.39. The molecule has 0 atom stereocenters. The number of carbonyl (C=O) groups is 1. The second-order valence-corrected chi connectivity index (χ2v) is 7.62. The van der Waals surface area contributed by atoms with Crippen LogP contribution in [-0.4, -0.2) is 37.6 Å². The van der Waals surface area contributed by atoms with E-state index < -0.39 is 23.0 Å². The molecule has 3 rings (SSSR count). The molecule has 0 aliphatic carbocycles. The van der Waals surface area contributed by atoms with Gasteiger partial charge in [0.15, 0.2) is 0 Å². The summed E-state index contributed by atoms with van der Waals surface area (Å²) in [6.45, 7) is 0.